The second-order valence-corrected chi connectivity index (χ2v) is 7.84. The van der Waals surface area contributed by atoms with E-state index in [0.717, 1.165) is 5.69 Å². The fraction of sp³-hybridized carbons (Fsp3) is 0.400. The molecular formula is C15H19N5O4S. The standard InChI is InChI=1S/C15H19N5O4S/c1-25(23,24)19-6-3-7-20-12(10-19)8-11(18-20)9-17-15(22)14-13(21)4-2-5-16-14/h2,4-5,8,21H,3,6-7,9-10H2,1H3,(H,17,22). The van der Waals surface area contributed by atoms with Crippen molar-refractivity contribution in [2.45, 2.75) is 26.1 Å². The maximum Gasteiger partial charge on any atom is 0.274 e. The topological polar surface area (TPSA) is 117 Å². The van der Waals surface area contributed by atoms with Crippen LogP contribution in [0.2, 0.25) is 0 Å². The van der Waals surface area contributed by atoms with Crippen LogP contribution in [0.5, 0.6) is 5.75 Å². The van der Waals surface area contributed by atoms with Crippen LogP contribution in [0, 0.1) is 0 Å². The summed E-state index contributed by atoms with van der Waals surface area (Å²) in [6.45, 7) is 1.51. The van der Waals surface area contributed by atoms with Crippen LogP contribution in [-0.4, -0.2) is 51.3 Å². The molecule has 0 unspecified atom stereocenters. The van der Waals surface area contributed by atoms with Crippen molar-refractivity contribution in [3.05, 3.63) is 41.5 Å². The van der Waals surface area contributed by atoms with Gasteiger partial charge in [-0.15, -0.1) is 0 Å². The van der Waals surface area contributed by atoms with E-state index in [1.807, 2.05) is 0 Å². The van der Waals surface area contributed by atoms with E-state index in [0.29, 0.717) is 25.2 Å². The molecular weight excluding hydrogens is 346 g/mol. The van der Waals surface area contributed by atoms with Gasteiger partial charge in [0.1, 0.15) is 5.75 Å². The fourth-order valence-electron chi connectivity index (χ4n) is 2.69. The molecule has 1 amide bonds. The van der Waals surface area contributed by atoms with Crippen LogP contribution >= 0.6 is 0 Å². The van der Waals surface area contributed by atoms with Crippen molar-refractivity contribution in [1.82, 2.24) is 24.4 Å². The van der Waals surface area contributed by atoms with Crippen LogP contribution in [0.4, 0.5) is 0 Å². The first-order valence-corrected chi connectivity index (χ1v) is 9.62. The highest BCUT2D eigenvalue weighted by atomic mass is 32.2. The number of pyridine rings is 1. The van der Waals surface area contributed by atoms with Crippen LogP contribution < -0.4 is 5.32 Å². The van der Waals surface area contributed by atoms with Crippen molar-refractivity contribution in [2.75, 3.05) is 12.8 Å². The van der Waals surface area contributed by atoms with E-state index in [4.69, 9.17) is 0 Å². The summed E-state index contributed by atoms with van der Waals surface area (Å²) in [4.78, 5) is 15.9. The number of aromatic nitrogens is 3. The van der Waals surface area contributed by atoms with E-state index >= 15 is 0 Å². The van der Waals surface area contributed by atoms with Gasteiger partial charge in [-0.1, -0.05) is 0 Å². The number of fused-ring (bicyclic) bond motifs is 1. The zero-order valence-electron chi connectivity index (χ0n) is 13.7. The monoisotopic (exact) mass is 365 g/mol. The number of nitrogens with zero attached hydrogens (tertiary/aromatic N) is 4. The van der Waals surface area contributed by atoms with Gasteiger partial charge in [-0.2, -0.15) is 9.40 Å². The molecule has 0 saturated carbocycles. The molecule has 25 heavy (non-hydrogen) atoms. The fourth-order valence-corrected chi connectivity index (χ4v) is 3.52. The molecule has 2 N–H and O–H groups in total. The van der Waals surface area contributed by atoms with Gasteiger partial charge < -0.3 is 10.4 Å². The molecule has 3 heterocycles. The third-order valence-electron chi connectivity index (χ3n) is 3.93. The zero-order chi connectivity index (χ0) is 18.0. The molecule has 0 bridgehead atoms. The second-order valence-electron chi connectivity index (χ2n) is 5.85. The third kappa shape index (κ3) is 3.97. The van der Waals surface area contributed by atoms with Crippen molar-refractivity contribution < 1.29 is 18.3 Å². The molecule has 0 aliphatic carbocycles. The number of hydrogen-bond acceptors (Lipinski definition) is 6. The summed E-state index contributed by atoms with van der Waals surface area (Å²) in [5.74, 6) is -0.691. The van der Waals surface area contributed by atoms with Crippen molar-refractivity contribution in [1.29, 1.82) is 0 Å². The van der Waals surface area contributed by atoms with Crippen LogP contribution in [0.15, 0.2) is 24.4 Å². The van der Waals surface area contributed by atoms with Gasteiger partial charge in [-0.3, -0.25) is 9.48 Å². The van der Waals surface area contributed by atoms with E-state index in [9.17, 15) is 18.3 Å². The molecule has 0 saturated heterocycles. The Bertz CT molecular complexity index is 893. The van der Waals surface area contributed by atoms with Gasteiger partial charge in [0.05, 0.1) is 30.7 Å². The number of sulfonamides is 1. The van der Waals surface area contributed by atoms with Crippen molar-refractivity contribution in [2.24, 2.45) is 0 Å². The summed E-state index contributed by atoms with van der Waals surface area (Å²) in [6, 6.07) is 4.70. The Hall–Kier alpha value is -2.46. The lowest BCUT2D eigenvalue weighted by Crippen LogP contribution is -2.29. The van der Waals surface area contributed by atoms with Crippen molar-refractivity contribution in [3.63, 3.8) is 0 Å². The zero-order valence-corrected chi connectivity index (χ0v) is 14.5. The highest BCUT2D eigenvalue weighted by Gasteiger charge is 2.23. The Morgan fingerprint density at radius 2 is 2.20 bits per heavy atom. The molecule has 10 heteroatoms. The lowest BCUT2D eigenvalue weighted by atomic mass is 10.3. The average molecular weight is 365 g/mol. The molecule has 0 radical (unpaired) electrons. The van der Waals surface area contributed by atoms with E-state index in [2.05, 4.69) is 15.4 Å². The Kier molecular flexibility index (Phi) is 4.73. The first-order valence-electron chi connectivity index (χ1n) is 7.77. The molecule has 0 aromatic carbocycles. The molecule has 2 aromatic rings. The molecule has 0 spiro atoms. The highest BCUT2D eigenvalue weighted by Crippen LogP contribution is 2.16. The minimum Gasteiger partial charge on any atom is -0.505 e. The normalized spacial score (nSPS) is 15.4. The van der Waals surface area contributed by atoms with E-state index in [-0.39, 0.29) is 24.5 Å². The molecule has 2 aromatic heterocycles. The lowest BCUT2D eigenvalue weighted by molar-refractivity contribution is 0.0942. The number of carbonyl (C=O) groups is 1. The quantitative estimate of drug-likeness (QED) is 0.792. The van der Waals surface area contributed by atoms with Gasteiger partial charge >= 0.3 is 0 Å². The SMILES string of the molecule is CS(=O)(=O)N1CCCn2nc(CNC(=O)c3ncccc3O)cc2C1. The Balaban J connectivity index is 1.70. The molecule has 1 aliphatic rings. The maximum atomic E-state index is 12.1. The van der Waals surface area contributed by atoms with Gasteiger partial charge in [0.25, 0.3) is 5.91 Å². The summed E-state index contributed by atoms with van der Waals surface area (Å²) in [7, 11) is -3.26. The molecule has 0 atom stereocenters. The van der Waals surface area contributed by atoms with Crippen LogP contribution in [0.25, 0.3) is 0 Å². The predicted molar refractivity (Wildman–Crippen MR) is 89.2 cm³/mol. The number of aromatic hydroxyl groups is 1. The van der Waals surface area contributed by atoms with Crippen LogP contribution in [0.3, 0.4) is 0 Å². The van der Waals surface area contributed by atoms with Crippen LogP contribution in [0.1, 0.15) is 28.3 Å². The van der Waals surface area contributed by atoms with E-state index < -0.39 is 15.9 Å². The number of rotatable bonds is 4. The number of carbonyl (C=O) groups excluding carboxylic acids is 1. The first-order chi connectivity index (χ1) is 11.8. The van der Waals surface area contributed by atoms with Gasteiger partial charge in [-0.05, 0) is 24.6 Å². The molecule has 9 nitrogen and oxygen atoms in total. The van der Waals surface area contributed by atoms with Crippen molar-refractivity contribution in [3.8, 4) is 5.75 Å². The number of hydrogen-bond donors (Lipinski definition) is 2. The summed E-state index contributed by atoms with van der Waals surface area (Å²) in [5, 5.41) is 16.7. The van der Waals surface area contributed by atoms with Crippen molar-refractivity contribution >= 4 is 15.9 Å². The predicted octanol–water partition coefficient (Wildman–Crippen LogP) is 0.0790. The Morgan fingerprint density at radius 3 is 2.92 bits per heavy atom. The molecule has 134 valence electrons. The minimum atomic E-state index is -3.26. The van der Waals surface area contributed by atoms with E-state index in [1.54, 1.807) is 10.7 Å². The summed E-state index contributed by atoms with van der Waals surface area (Å²) in [5.41, 5.74) is 1.36. The van der Waals surface area contributed by atoms with Gasteiger partial charge in [0.2, 0.25) is 10.0 Å². The summed E-state index contributed by atoms with van der Waals surface area (Å²) >= 11 is 0. The average Bonchev–Trinajstić information content (AvgIpc) is 2.82. The smallest absolute Gasteiger partial charge is 0.274 e. The second kappa shape index (κ2) is 6.81. The largest absolute Gasteiger partial charge is 0.505 e. The lowest BCUT2D eigenvalue weighted by Gasteiger charge is -2.16. The number of aryl methyl sites for hydroxylation is 1. The van der Waals surface area contributed by atoms with Crippen LogP contribution in [-0.2, 0) is 29.7 Å². The van der Waals surface area contributed by atoms with Gasteiger partial charge in [0.15, 0.2) is 5.69 Å². The Morgan fingerprint density at radius 1 is 1.40 bits per heavy atom. The minimum absolute atomic E-state index is 0.0495. The Labute approximate surface area is 145 Å². The molecule has 0 fully saturated rings. The maximum absolute atomic E-state index is 12.1. The number of nitrogens with one attached hydrogen (secondary N) is 1. The summed E-state index contributed by atoms with van der Waals surface area (Å²) in [6.07, 6.45) is 3.29. The number of amides is 1. The van der Waals surface area contributed by atoms with Gasteiger partial charge in [0, 0.05) is 19.3 Å². The highest BCUT2D eigenvalue weighted by molar-refractivity contribution is 7.88. The first kappa shape index (κ1) is 17.4. The summed E-state index contributed by atoms with van der Waals surface area (Å²) < 4.78 is 26.7. The van der Waals surface area contributed by atoms with Gasteiger partial charge in [-0.25, -0.2) is 13.4 Å². The third-order valence-corrected chi connectivity index (χ3v) is 5.18. The van der Waals surface area contributed by atoms with E-state index in [1.165, 1.54) is 28.9 Å². The molecule has 1 aliphatic heterocycles. The molecule has 3 rings (SSSR count).